The monoisotopic (exact) mass is 619 g/mol. The first-order chi connectivity index (χ1) is 21.7. The largest absolute Gasteiger partial charge is 0.384 e. The van der Waals surface area contributed by atoms with Gasteiger partial charge in [-0.25, -0.2) is 8.42 Å². The summed E-state index contributed by atoms with van der Waals surface area (Å²) < 4.78 is 29.9. The zero-order chi connectivity index (χ0) is 31.6. The van der Waals surface area contributed by atoms with E-state index in [2.05, 4.69) is 4.72 Å². The van der Waals surface area contributed by atoms with E-state index in [0.29, 0.717) is 29.8 Å². The summed E-state index contributed by atoms with van der Waals surface area (Å²) in [5.41, 5.74) is 7.41. The predicted octanol–water partition coefficient (Wildman–Crippen LogP) is 4.15. The standard InChI is InChI=1S/C35H33N5O4S/c36-33(37)29-11-5-6-24(20-29)21-32(38-45(43,44)31-15-14-26-8-2-4-10-28(26)23-31)35(42)40-18-16-39(17-19-40)34(41)30-13-12-25-7-1-3-9-27(25)22-30/h1-15,20,22-23,32,38H,16-19,21H2,(H3,36,37)/t32-/m0/s1. The van der Waals surface area contributed by atoms with Crippen LogP contribution in [0.5, 0.6) is 0 Å². The van der Waals surface area contributed by atoms with Crippen LogP contribution in [-0.4, -0.2) is 68.1 Å². The molecule has 5 aromatic rings. The van der Waals surface area contributed by atoms with Crippen LogP contribution in [0.1, 0.15) is 21.5 Å². The van der Waals surface area contributed by atoms with E-state index in [-0.39, 0.29) is 42.1 Å². The number of piperazine rings is 1. The zero-order valence-corrected chi connectivity index (χ0v) is 25.3. The van der Waals surface area contributed by atoms with E-state index in [0.717, 1.165) is 21.5 Å². The normalized spacial score (nSPS) is 14.4. The maximum Gasteiger partial charge on any atom is 0.253 e. The van der Waals surface area contributed by atoms with Gasteiger partial charge >= 0.3 is 0 Å². The first kappa shape index (κ1) is 30.0. The van der Waals surface area contributed by atoms with E-state index < -0.39 is 16.1 Å². The third kappa shape index (κ3) is 6.57. The first-order valence-corrected chi connectivity index (χ1v) is 16.2. The summed E-state index contributed by atoms with van der Waals surface area (Å²) in [6, 6.07) is 31.5. The topological polar surface area (TPSA) is 137 Å². The van der Waals surface area contributed by atoms with Crippen LogP contribution in [0.25, 0.3) is 21.5 Å². The molecule has 5 aromatic carbocycles. The molecule has 0 bridgehead atoms. The highest BCUT2D eigenvalue weighted by Gasteiger charge is 2.32. The van der Waals surface area contributed by atoms with Crippen molar-refractivity contribution in [3.8, 4) is 0 Å². The lowest BCUT2D eigenvalue weighted by Crippen LogP contribution is -2.56. The number of amidine groups is 1. The Labute approximate surface area is 261 Å². The van der Waals surface area contributed by atoms with Crippen LogP contribution in [-0.2, 0) is 21.2 Å². The molecular formula is C35H33N5O4S. The molecular weight excluding hydrogens is 586 g/mol. The third-order valence-corrected chi connectivity index (χ3v) is 9.65. The summed E-state index contributed by atoms with van der Waals surface area (Å²) in [5.74, 6) is -0.614. The molecule has 45 heavy (non-hydrogen) atoms. The molecule has 0 unspecified atom stereocenters. The second-order valence-corrected chi connectivity index (χ2v) is 12.9. The number of nitrogen functional groups attached to an aromatic ring is 1. The minimum Gasteiger partial charge on any atom is -0.384 e. The lowest BCUT2D eigenvalue weighted by molar-refractivity contribution is -0.134. The maximum atomic E-state index is 14.0. The van der Waals surface area contributed by atoms with E-state index in [4.69, 9.17) is 11.1 Å². The number of sulfonamides is 1. The van der Waals surface area contributed by atoms with Gasteiger partial charge in [0.2, 0.25) is 15.9 Å². The van der Waals surface area contributed by atoms with Gasteiger partial charge in [0.25, 0.3) is 5.91 Å². The molecule has 1 aliphatic heterocycles. The Morgan fingerprint density at radius 2 is 1.31 bits per heavy atom. The Hall–Kier alpha value is -5.06. The molecule has 0 spiro atoms. The number of hydrogen-bond acceptors (Lipinski definition) is 5. The van der Waals surface area contributed by atoms with Gasteiger partial charge in [-0.05, 0) is 63.9 Å². The fourth-order valence-corrected chi connectivity index (χ4v) is 6.95. The van der Waals surface area contributed by atoms with Crippen molar-refractivity contribution in [3.63, 3.8) is 0 Å². The van der Waals surface area contributed by atoms with Crippen molar-refractivity contribution < 1.29 is 18.0 Å². The Balaban J connectivity index is 1.21. The van der Waals surface area contributed by atoms with Crippen LogP contribution >= 0.6 is 0 Å². The molecule has 9 nitrogen and oxygen atoms in total. The summed E-state index contributed by atoms with van der Waals surface area (Å²) in [4.78, 5) is 30.7. The molecule has 1 fully saturated rings. The summed E-state index contributed by atoms with van der Waals surface area (Å²) in [6.07, 6.45) is 0.0585. The number of benzene rings is 5. The van der Waals surface area contributed by atoms with Gasteiger partial charge in [0.1, 0.15) is 11.9 Å². The van der Waals surface area contributed by atoms with Crippen LogP contribution in [0.2, 0.25) is 0 Å². The minimum absolute atomic E-state index is 0.0577. The van der Waals surface area contributed by atoms with Gasteiger partial charge in [-0.1, -0.05) is 78.9 Å². The van der Waals surface area contributed by atoms with Crippen molar-refractivity contribution in [3.05, 3.63) is 126 Å². The molecule has 1 heterocycles. The number of carbonyl (C=O) groups excluding carboxylic acids is 2. The van der Waals surface area contributed by atoms with Crippen molar-refractivity contribution in [1.82, 2.24) is 14.5 Å². The number of fused-ring (bicyclic) bond motifs is 2. The molecule has 0 radical (unpaired) electrons. The highest BCUT2D eigenvalue weighted by molar-refractivity contribution is 7.89. The second-order valence-electron chi connectivity index (χ2n) is 11.2. The molecule has 1 saturated heterocycles. The number of nitrogens with two attached hydrogens (primary N) is 1. The highest BCUT2D eigenvalue weighted by atomic mass is 32.2. The number of hydrogen-bond donors (Lipinski definition) is 3. The van der Waals surface area contributed by atoms with Crippen molar-refractivity contribution >= 4 is 49.2 Å². The summed E-state index contributed by atoms with van der Waals surface area (Å²) in [7, 11) is -4.09. The average molecular weight is 620 g/mol. The molecule has 1 aliphatic rings. The Kier molecular flexibility index (Phi) is 8.34. The fourth-order valence-electron chi connectivity index (χ4n) is 5.73. The van der Waals surface area contributed by atoms with Gasteiger partial charge in [-0.2, -0.15) is 4.72 Å². The van der Waals surface area contributed by atoms with E-state index in [1.54, 1.807) is 46.2 Å². The van der Waals surface area contributed by atoms with Gasteiger partial charge in [-0.3, -0.25) is 15.0 Å². The molecule has 0 aliphatic carbocycles. The number of rotatable bonds is 8. The van der Waals surface area contributed by atoms with Gasteiger partial charge in [-0.15, -0.1) is 0 Å². The van der Waals surface area contributed by atoms with Crippen molar-refractivity contribution in [2.24, 2.45) is 5.73 Å². The van der Waals surface area contributed by atoms with E-state index in [1.165, 1.54) is 6.07 Å². The number of nitrogens with one attached hydrogen (secondary N) is 2. The maximum absolute atomic E-state index is 14.0. The quantitative estimate of drug-likeness (QED) is 0.177. The van der Waals surface area contributed by atoms with E-state index >= 15 is 0 Å². The molecule has 0 aromatic heterocycles. The van der Waals surface area contributed by atoms with Gasteiger partial charge in [0.15, 0.2) is 0 Å². The second kappa shape index (κ2) is 12.5. The van der Waals surface area contributed by atoms with Crippen LogP contribution in [0.3, 0.4) is 0 Å². The first-order valence-electron chi connectivity index (χ1n) is 14.7. The average Bonchev–Trinajstić information content (AvgIpc) is 3.07. The number of carbonyl (C=O) groups is 2. The molecule has 0 saturated carbocycles. The molecule has 6 rings (SSSR count). The molecule has 10 heteroatoms. The minimum atomic E-state index is -4.09. The zero-order valence-electron chi connectivity index (χ0n) is 24.5. The fraction of sp³-hybridized carbons (Fsp3) is 0.171. The summed E-state index contributed by atoms with van der Waals surface area (Å²) in [5, 5.41) is 11.5. The van der Waals surface area contributed by atoms with Crippen LogP contribution in [0.4, 0.5) is 0 Å². The number of nitrogens with zero attached hydrogens (tertiary/aromatic N) is 2. The number of amides is 2. The lowest BCUT2D eigenvalue weighted by atomic mass is 10.0. The molecule has 2 amide bonds. The van der Waals surface area contributed by atoms with Crippen LogP contribution in [0, 0.1) is 5.41 Å². The molecule has 1 atom stereocenters. The summed E-state index contributed by atoms with van der Waals surface area (Å²) >= 11 is 0. The lowest BCUT2D eigenvalue weighted by Gasteiger charge is -2.36. The van der Waals surface area contributed by atoms with Crippen LogP contribution in [0.15, 0.2) is 114 Å². The van der Waals surface area contributed by atoms with Gasteiger partial charge in [0, 0.05) is 37.3 Å². The van der Waals surface area contributed by atoms with Gasteiger partial charge in [0.05, 0.1) is 4.90 Å². The predicted molar refractivity (Wildman–Crippen MR) is 176 cm³/mol. The van der Waals surface area contributed by atoms with Crippen molar-refractivity contribution in [1.29, 1.82) is 5.41 Å². The van der Waals surface area contributed by atoms with E-state index in [9.17, 15) is 18.0 Å². The van der Waals surface area contributed by atoms with E-state index in [1.807, 2.05) is 66.7 Å². The Morgan fingerprint density at radius 3 is 1.98 bits per heavy atom. The van der Waals surface area contributed by atoms with Crippen LogP contribution < -0.4 is 10.5 Å². The Bertz CT molecular complexity index is 2040. The molecule has 228 valence electrons. The molecule has 4 N–H and O–H groups in total. The van der Waals surface area contributed by atoms with Gasteiger partial charge < -0.3 is 15.5 Å². The smallest absolute Gasteiger partial charge is 0.253 e. The third-order valence-electron chi connectivity index (χ3n) is 8.18. The summed E-state index contributed by atoms with van der Waals surface area (Å²) in [6.45, 7) is 1.17. The van der Waals surface area contributed by atoms with Crippen molar-refractivity contribution in [2.45, 2.75) is 17.4 Å². The SMILES string of the molecule is N=C(N)c1cccc(C[C@H](NS(=O)(=O)c2ccc3ccccc3c2)C(=O)N2CCN(C(=O)c3ccc4ccccc4c3)CC2)c1. The van der Waals surface area contributed by atoms with Crippen molar-refractivity contribution in [2.75, 3.05) is 26.2 Å². The Morgan fingerprint density at radius 1 is 0.711 bits per heavy atom. The highest BCUT2D eigenvalue weighted by Crippen LogP contribution is 2.21.